The minimum Gasteiger partial charge on any atom is -0.480 e. The molecule has 2 unspecified atom stereocenters. The van der Waals surface area contributed by atoms with Gasteiger partial charge in [0.2, 0.25) is 5.12 Å². The van der Waals surface area contributed by atoms with Crippen LogP contribution in [0, 0.1) is 0 Å². The van der Waals surface area contributed by atoms with Crippen molar-refractivity contribution in [2.24, 2.45) is 0 Å². The minimum atomic E-state index is -0.884. The average Bonchev–Trinajstić information content (AvgIpc) is 2.85. The summed E-state index contributed by atoms with van der Waals surface area (Å²) in [6, 6.07) is 6.13. The number of hydrogen-bond acceptors (Lipinski definition) is 4. The fourth-order valence-corrected chi connectivity index (χ4v) is 4.45. The number of carbonyl (C=O) groups excluding carboxylic acids is 1. The van der Waals surface area contributed by atoms with Crippen LogP contribution in [0.15, 0.2) is 35.9 Å². The first-order valence-electron chi connectivity index (χ1n) is 7.13. The molecule has 0 bridgehead atoms. The van der Waals surface area contributed by atoms with E-state index in [-0.39, 0.29) is 16.4 Å². The molecule has 116 valence electrons. The van der Waals surface area contributed by atoms with Crippen LogP contribution in [0.5, 0.6) is 0 Å². The predicted molar refractivity (Wildman–Crippen MR) is 87.1 cm³/mol. The van der Waals surface area contributed by atoms with Crippen molar-refractivity contribution in [2.75, 3.05) is 6.54 Å². The average molecular weight is 338 g/mol. The molecular weight excluding hydrogens is 322 g/mol. The lowest BCUT2D eigenvalue weighted by molar-refractivity contribution is -0.144. The van der Waals surface area contributed by atoms with E-state index in [0.717, 1.165) is 12.0 Å². The van der Waals surface area contributed by atoms with Gasteiger partial charge >= 0.3 is 5.97 Å². The van der Waals surface area contributed by atoms with E-state index in [2.05, 4.69) is 0 Å². The van der Waals surface area contributed by atoms with Gasteiger partial charge in [0.25, 0.3) is 0 Å². The van der Waals surface area contributed by atoms with E-state index >= 15 is 0 Å². The summed E-state index contributed by atoms with van der Waals surface area (Å²) in [6.45, 7) is 2.63. The summed E-state index contributed by atoms with van der Waals surface area (Å²) in [4.78, 5) is 25.4. The fourth-order valence-electron chi connectivity index (χ4n) is 3.21. The molecule has 3 rings (SSSR count). The number of nitrogens with zero attached hydrogens (tertiary/aromatic N) is 1. The Bertz CT molecular complexity index is 643. The first-order valence-corrected chi connectivity index (χ1v) is 8.39. The number of piperidine rings is 1. The van der Waals surface area contributed by atoms with Crippen molar-refractivity contribution >= 4 is 34.4 Å². The number of aliphatic carboxylic acids is 1. The van der Waals surface area contributed by atoms with Crippen molar-refractivity contribution < 1.29 is 14.7 Å². The molecule has 6 heteroatoms. The Morgan fingerprint density at radius 3 is 2.73 bits per heavy atom. The summed E-state index contributed by atoms with van der Waals surface area (Å²) in [5, 5.41) is 10.6. The third-order valence-electron chi connectivity index (χ3n) is 4.30. The molecule has 0 amide bonds. The standard InChI is InChI=1S/C16H16ClNO3S/c1-9-12-8-14(19)22-13(12)6-7-18(9)15(16(20)21)10-2-4-11(17)5-3-10/h2-5,8-9,13,15H,6-7H2,1H3,(H,20,21)/t9?,13?,15-/m0/s1. The molecule has 0 saturated carbocycles. The van der Waals surface area contributed by atoms with Crippen molar-refractivity contribution in [3.63, 3.8) is 0 Å². The first kappa shape index (κ1) is 15.6. The van der Waals surface area contributed by atoms with Crippen LogP contribution < -0.4 is 0 Å². The van der Waals surface area contributed by atoms with E-state index in [1.165, 1.54) is 11.8 Å². The summed E-state index contributed by atoms with van der Waals surface area (Å²) in [6.07, 6.45) is 2.47. The number of halogens is 1. The molecule has 1 aromatic rings. The van der Waals surface area contributed by atoms with Crippen molar-refractivity contribution in [2.45, 2.75) is 30.7 Å². The summed E-state index contributed by atoms with van der Waals surface area (Å²) in [7, 11) is 0. The number of rotatable bonds is 3. The van der Waals surface area contributed by atoms with Crippen LogP contribution in [0.25, 0.3) is 0 Å². The number of hydrogen-bond donors (Lipinski definition) is 1. The molecule has 1 aromatic carbocycles. The van der Waals surface area contributed by atoms with Crippen LogP contribution in [0.3, 0.4) is 0 Å². The van der Waals surface area contributed by atoms with Gasteiger partial charge in [0.1, 0.15) is 6.04 Å². The largest absolute Gasteiger partial charge is 0.480 e. The van der Waals surface area contributed by atoms with Gasteiger partial charge in [-0.2, -0.15) is 0 Å². The van der Waals surface area contributed by atoms with Crippen LogP contribution in [-0.4, -0.2) is 38.9 Å². The number of carboxylic acids is 1. The van der Waals surface area contributed by atoms with E-state index in [1.807, 2.05) is 11.8 Å². The van der Waals surface area contributed by atoms with Gasteiger partial charge in [0.15, 0.2) is 0 Å². The fraction of sp³-hybridized carbons (Fsp3) is 0.375. The molecule has 0 aliphatic carbocycles. The Balaban J connectivity index is 1.92. The van der Waals surface area contributed by atoms with Crippen molar-refractivity contribution in [3.05, 3.63) is 46.5 Å². The highest BCUT2D eigenvalue weighted by Crippen LogP contribution is 2.41. The molecule has 22 heavy (non-hydrogen) atoms. The summed E-state index contributed by atoms with van der Waals surface area (Å²) < 4.78 is 0. The normalized spacial score (nSPS) is 26.5. The molecule has 1 N–H and O–H groups in total. The zero-order chi connectivity index (χ0) is 15.9. The Hall–Kier alpha value is -1.30. The Morgan fingerprint density at radius 2 is 2.09 bits per heavy atom. The Labute approximate surface area is 138 Å². The maximum absolute atomic E-state index is 11.8. The maximum Gasteiger partial charge on any atom is 0.325 e. The lowest BCUT2D eigenvalue weighted by Crippen LogP contribution is -2.47. The van der Waals surface area contributed by atoms with Gasteiger partial charge in [0, 0.05) is 22.9 Å². The highest BCUT2D eigenvalue weighted by molar-refractivity contribution is 8.15. The number of thioether (sulfide) groups is 1. The van der Waals surface area contributed by atoms with Crippen molar-refractivity contribution in [1.82, 2.24) is 4.90 Å². The van der Waals surface area contributed by atoms with Crippen molar-refractivity contribution in [1.29, 1.82) is 0 Å². The smallest absolute Gasteiger partial charge is 0.325 e. The van der Waals surface area contributed by atoms with Gasteiger partial charge < -0.3 is 5.11 Å². The SMILES string of the molecule is CC1C2=CC(=O)SC2CCN1[C@H](C(=O)O)c1ccc(Cl)cc1. The zero-order valence-corrected chi connectivity index (χ0v) is 13.6. The van der Waals surface area contributed by atoms with Gasteiger partial charge in [0.05, 0.1) is 0 Å². The quantitative estimate of drug-likeness (QED) is 0.918. The molecule has 0 spiro atoms. The lowest BCUT2D eigenvalue weighted by Gasteiger charge is -2.40. The first-order chi connectivity index (χ1) is 10.5. The highest BCUT2D eigenvalue weighted by atomic mass is 35.5. The van der Waals surface area contributed by atoms with E-state index in [0.29, 0.717) is 17.1 Å². The van der Waals surface area contributed by atoms with Gasteiger partial charge in [-0.3, -0.25) is 14.5 Å². The third kappa shape index (κ3) is 2.81. The molecule has 2 aliphatic heterocycles. The molecule has 2 aliphatic rings. The minimum absolute atomic E-state index is 0.0607. The Morgan fingerprint density at radius 1 is 1.41 bits per heavy atom. The zero-order valence-electron chi connectivity index (χ0n) is 12.0. The summed E-state index contributed by atoms with van der Waals surface area (Å²) in [5.41, 5.74) is 1.75. The van der Waals surface area contributed by atoms with Gasteiger partial charge in [-0.1, -0.05) is 35.5 Å². The van der Waals surface area contributed by atoms with Crippen LogP contribution in [0.1, 0.15) is 24.9 Å². The number of carboxylic acid groups (broad SMARTS) is 1. The molecule has 1 fully saturated rings. The second kappa shape index (κ2) is 6.07. The Kier molecular flexibility index (Phi) is 4.30. The maximum atomic E-state index is 11.8. The topological polar surface area (TPSA) is 57.6 Å². The third-order valence-corrected chi connectivity index (χ3v) is 5.69. The van der Waals surface area contributed by atoms with E-state index in [1.54, 1.807) is 30.3 Å². The molecule has 1 saturated heterocycles. The second-order valence-electron chi connectivity index (χ2n) is 5.56. The van der Waals surface area contributed by atoms with E-state index in [9.17, 15) is 14.7 Å². The summed E-state index contributed by atoms with van der Waals surface area (Å²) in [5.74, 6) is -0.884. The van der Waals surface area contributed by atoms with Crippen LogP contribution in [-0.2, 0) is 9.59 Å². The highest BCUT2D eigenvalue weighted by Gasteiger charge is 2.41. The van der Waals surface area contributed by atoms with Crippen LogP contribution >= 0.6 is 23.4 Å². The molecule has 4 nitrogen and oxygen atoms in total. The molecular formula is C16H16ClNO3S. The van der Waals surface area contributed by atoms with Gasteiger partial charge in [-0.15, -0.1) is 0 Å². The molecule has 0 aromatic heterocycles. The second-order valence-corrected chi connectivity index (χ2v) is 7.21. The number of fused-ring (bicyclic) bond motifs is 1. The number of likely N-dealkylation sites (tertiary alicyclic amines) is 1. The van der Waals surface area contributed by atoms with Crippen molar-refractivity contribution in [3.8, 4) is 0 Å². The molecule has 0 radical (unpaired) electrons. The monoisotopic (exact) mass is 337 g/mol. The van der Waals surface area contributed by atoms with E-state index in [4.69, 9.17) is 11.6 Å². The number of benzene rings is 1. The lowest BCUT2D eigenvalue weighted by atomic mass is 9.92. The van der Waals surface area contributed by atoms with Gasteiger partial charge in [-0.25, -0.2) is 0 Å². The van der Waals surface area contributed by atoms with Gasteiger partial charge in [-0.05, 0) is 42.7 Å². The van der Waals surface area contributed by atoms with Crippen LogP contribution in [0.4, 0.5) is 0 Å². The molecule has 2 heterocycles. The number of carbonyl (C=O) groups is 2. The van der Waals surface area contributed by atoms with Crippen LogP contribution in [0.2, 0.25) is 5.02 Å². The molecule has 3 atom stereocenters. The van der Waals surface area contributed by atoms with E-state index < -0.39 is 12.0 Å². The summed E-state index contributed by atoms with van der Waals surface area (Å²) >= 11 is 7.24. The predicted octanol–water partition coefficient (Wildman–Crippen LogP) is 3.13.